The average molecular weight is 172 g/mol. The second-order valence-corrected chi connectivity index (χ2v) is 3.16. The Labute approximate surface area is 77.9 Å². The monoisotopic (exact) mass is 172 g/mol. The Balaban J connectivity index is 2.59. The predicted molar refractivity (Wildman–Crippen MR) is 53.0 cm³/mol. The number of nitrogens with zero attached hydrogens (tertiary/aromatic N) is 2. The molecule has 0 aliphatic carbocycles. The third-order valence-corrected chi connectivity index (χ3v) is 2.18. The zero-order valence-electron chi connectivity index (χ0n) is 7.86. The second-order valence-electron chi connectivity index (χ2n) is 3.16. The number of hydrogen-bond acceptors (Lipinski definition) is 1. The molecule has 0 saturated heterocycles. The lowest BCUT2D eigenvalue weighted by molar-refractivity contribution is 0.956. The first-order valence-corrected chi connectivity index (χ1v) is 4.34. The van der Waals surface area contributed by atoms with Gasteiger partial charge in [0.25, 0.3) is 0 Å². The highest BCUT2D eigenvalue weighted by molar-refractivity contribution is 5.34. The van der Waals surface area contributed by atoms with Crippen LogP contribution in [0.3, 0.4) is 0 Å². The van der Waals surface area contributed by atoms with Crippen LogP contribution in [0.1, 0.15) is 11.4 Å². The van der Waals surface area contributed by atoms with E-state index in [2.05, 4.69) is 41.6 Å². The zero-order chi connectivity index (χ0) is 9.26. The fourth-order valence-corrected chi connectivity index (χ4v) is 1.56. The van der Waals surface area contributed by atoms with Crippen molar-refractivity contribution in [3.63, 3.8) is 0 Å². The molecule has 0 aliphatic heterocycles. The fourth-order valence-electron chi connectivity index (χ4n) is 1.56. The molecule has 2 heterocycles. The van der Waals surface area contributed by atoms with Crippen molar-refractivity contribution in [2.45, 2.75) is 13.8 Å². The van der Waals surface area contributed by atoms with E-state index in [9.17, 15) is 0 Å². The van der Waals surface area contributed by atoms with Gasteiger partial charge in [0.05, 0.1) is 11.9 Å². The lowest BCUT2D eigenvalue weighted by Gasteiger charge is -2.07. The minimum absolute atomic E-state index is 1.13. The summed E-state index contributed by atoms with van der Waals surface area (Å²) in [6, 6.07) is 8.24. The Morgan fingerprint density at radius 3 is 2.31 bits per heavy atom. The molecule has 66 valence electrons. The van der Waals surface area contributed by atoms with Crippen molar-refractivity contribution in [1.82, 2.24) is 9.55 Å². The molecule has 0 radical (unpaired) electrons. The van der Waals surface area contributed by atoms with Gasteiger partial charge in [-0.15, -0.1) is 0 Å². The number of hydrogen-bond donors (Lipinski definition) is 0. The maximum atomic E-state index is 4.10. The minimum atomic E-state index is 1.13. The SMILES string of the molecule is Cc1ccc(C)n1-c1cccnc1. The van der Waals surface area contributed by atoms with Crippen LogP contribution in [0.15, 0.2) is 36.7 Å². The molecule has 0 bridgehead atoms. The summed E-state index contributed by atoms with van der Waals surface area (Å²) < 4.78 is 2.19. The Morgan fingerprint density at radius 1 is 1.08 bits per heavy atom. The highest BCUT2D eigenvalue weighted by atomic mass is 15.0. The first-order valence-electron chi connectivity index (χ1n) is 4.34. The molecule has 0 aliphatic rings. The van der Waals surface area contributed by atoms with Crippen molar-refractivity contribution < 1.29 is 0 Å². The van der Waals surface area contributed by atoms with Crippen LogP contribution in [-0.4, -0.2) is 9.55 Å². The fraction of sp³-hybridized carbons (Fsp3) is 0.182. The van der Waals surface area contributed by atoms with E-state index in [-0.39, 0.29) is 0 Å². The maximum Gasteiger partial charge on any atom is 0.0638 e. The van der Waals surface area contributed by atoms with Gasteiger partial charge < -0.3 is 4.57 Å². The van der Waals surface area contributed by atoms with Crippen LogP contribution in [0.4, 0.5) is 0 Å². The van der Waals surface area contributed by atoms with E-state index < -0.39 is 0 Å². The highest BCUT2D eigenvalue weighted by Gasteiger charge is 2.01. The summed E-state index contributed by atoms with van der Waals surface area (Å²) in [5, 5.41) is 0. The molecule has 13 heavy (non-hydrogen) atoms. The van der Waals surface area contributed by atoms with Crippen LogP contribution in [0, 0.1) is 13.8 Å². The van der Waals surface area contributed by atoms with Crippen LogP contribution in [0.5, 0.6) is 0 Å². The number of rotatable bonds is 1. The third kappa shape index (κ3) is 1.35. The molecule has 2 heteroatoms. The Morgan fingerprint density at radius 2 is 1.77 bits per heavy atom. The molecule has 0 N–H and O–H groups in total. The third-order valence-electron chi connectivity index (χ3n) is 2.18. The highest BCUT2D eigenvalue weighted by Crippen LogP contribution is 2.14. The quantitative estimate of drug-likeness (QED) is 0.646. The van der Waals surface area contributed by atoms with E-state index in [1.807, 2.05) is 12.3 Å². The first-order chi connectivity index (χ1) is 6.29. The average Bonchev–Trinajstić information content (AvgIpc) is 2.48. The summed E-state index contributed by atoms with van der Waals surface area (Å²) in [5.41, 5.74) is 3.61. The number of pyridine rings is 1. The Kier molecular flexibility index (Phi) is 1.89. The van der Waals surface area contributed by atoms with E-state index in [1.165, 1.54) is 11.4 Å². The van der Waals surface area contributed by atoms with E-state index in [0.717, 1.165) is 5.69 Å². The van der Waals surface area contributed by atoms with Crippen LogP contribution < -0.4 is 0 Å². The molecule has 0 atom stereocenters. The van der Waals surface area contributed by atoms with Gasteiger partial charge in [0.2, 0.25) is 0 Å². The van der Waals surface area contributed by atoms with Crippen molar-refractivity contribution >= 4 is 0 Å². The van der Waals surface area contributed by atoms with Gasteiger partial charge in [0, 0.05) is 17.6 Å². The zero-order valence-corrected chi connectivity index (χ0v) is 7.86. The van der Waals surface area contributed by atoms with Crippen LogP contribution in [0.25, 0.3) is 5.69 Å². The van der Waals surface area contributed by atoms with Crippen molar-refractivity contribution in [2.75, 3.05) is 0 Å². The molecule has 2 nitrogen and oxygen atoms in total. The van der Waals surface area contributed by atoms with Crippen LogP contribution in [0.2, 0.25) is 0 Å². The molecular formula is C11H12N2. The summed E-state index contributed by atoms with van der Waals surface area (Å²) in [6.07, 6.45) is 3.66. The van der Waals surface area contributed by atoms with Gasteiger partial charge >= 0.3 is 0 Å². The standard InChI is InChI=1S/C11H12N2/c1-9-5-6-10(2)13(9)11-4-3-7-12-8-11/h3-8H,1-2H3. The smallest absolute Gasteiger partial charge is 0.0638 e. The maximum absolute atomic E-state index is 4.10. The molecule has 0 aromatic carbocycles. The van der Waals surface area contributed by atoms with E-state index in [1.54, 1.807) is 6.20 Å². The van der Waals surface area contributed by atoms with Gasteiger partial charge in [-0.3, -0.25) is 4.98 Å². The summed E-state index contributed by atoms with van der Waals surface area (Å²) in [7, 11) is 0. The Hall–Kier alpha value is -1.57. The minimum Gasteiger partial charge on any atom is -0.317 e. The molecule has 2 aromatic heterocycles. The van der Waals surface area contributed by atoms with Gasteiger partial charge in [0.1, 0.15) is 0 Å². The lowest BCUT2D eigenvalue weighted by Crippen LogP contribution is -1.98. The van der Waals surface area contributed by atoms with Gasteiger partial charge in [-0.2, -0.15) is 0 Å². The van der Waals surface area contributed by atoms with Gasteiger partial charge in [0.15, 0.2) is 0 Å². The topological polar surface area (TPSA) is 17.8 Å². The predicted octanol–water partition coefficient (Wildman–Crippen LogP) is 2.49. The van der Waals surface area contributed by atoms with Crippen molar-refractivity contribution in [1.29, 1.82) is 0 Å². The molecule has 0 unspecified atom stereocenters. The van der Waals surface area contributed by atoms with Crippen LogP contribution >= 0.6 is 0 Å². The largest absolute Gasteiger partial charge is 0.317 e. The molecule has 2 aromatic rings. The van der Waals surface area contributed by atoms with Gasteiger partial charge in [-0.1, -0.05) is 0 Å². The number of aromatic nitrogens is 2. The van der Waals surface area contributed by atoms with Crippen molar-refractivity contribution in [3.8, 4) is 5.69 Å². The summed E-state index contributed by atoms with van der Waals surface area (Å²) in [6.45, 7) is 4.19. The number of aryl methyl sites for hydroxylation is 2. The van der Waals surface area contributed by atoms with Gasteiger partial charge in [-0.25, -0.2) is 0 Å². The molecule has 0 saturated carbocycles. The first kappa shape index (κ1) is 8.05. The van der Waals surface area contributed by atoms with Crippen LogP contribution in [-0.2, 0) is 0 Å². The second kappa shape index (κ2) is 3.05. The van der Waals surface area contributed by atoms with Crippen molar-refractivity contribution in [2.24, 2.45) is 0 Å². The lowest BCUT2D eigenvalue weighted by atomic mass is 10.4. The van der Waals surface area contributed by atoms with E-state index >= 15 is 0 Å². The van der Waals surface area contributed by atoms with Crippen molar-refractivity contribution in [3.05, 3.63) is 48.0 Å². The summed E-state index contributed by atoms with van der Waals surface area (Å²) >= 11 is 0. The van der Waals surface area contributed by atoms with E-state index in [0.29, 0.717) is 0 Å². The molecule has 0 amide bonds. The molecule has 2 rings (SSSR count). The summed E-state index contributed by atoms with van der Waals surface area (Å²) in [4.78, 5) is 4.10. The molecule has 0 spiro atoms. The van der Waals surface area contributed by atoms with Gasteiger partial charge in [-0.05, 0) is 38.1 Å². The molecular weight excluding hydrogens is 160 g/mol. The normalized spacial score (nSPS) is 10.3. The molecule has 0 fully saturated rings. The Bertz CT molecular complexity index is 382. The van der Waals surface area contributed by atoms with E-state index in [4.69, 9.17) is 0 Å². The summed E-state index contributed by atoms with van der Waals surface area (Å²) in [5.74, 6) is 0.